The Labute approximate surface area is 230 Å². The number of amides is 1. The van der Waals surface area contributed by atoms with Gasteiger partial charge in [-0.3, -0.25) is 9.69 Å². The molecular weight excluding hydrogens is 490 g/mol. The smallest absolute Gasteiger partial charge is 0.270 e. The lowest BCUT2D eigenvalue weighted by Crippen LogP contribution is -2.32. The normalized spacial score (nSPS) is 12.0. The zero-order valence-electron chi connectivity index (χ0n) is 22.5. The standard InChI is InChI=1S/C32H37N3O2S/c1-4-24(2)33-32(36)30-23-38-31(34-30)22-35(21-25-15-17-28(37-3)18-16-25)20-19-29(26-11-7-5-8-12-26)27-13-9-6-10-14-27/h5-18,23-24,29H,4,19-22H2,1-3H3,(H,33,36)/t24-/m0/s1. The van der Waals surface area contributed by atoms with E-state index in [0.717, 1.165) is 36.7 Å². The van der Waals surface area contributed by atoms with Crippen LogP contribution in [0.25, 0.3) is 0 Å². The van der Waals surface area contributed by atoms with Gasteiger partial charge in [0.25, 0.3) is 5.91 Å². The highest BCUT2D eigenvalue weighted by atomic mass is 32.1. The zero-order chi connectivity index (χ0) is 26.7. The SMILES string of the molecule is CC[C@H](C)NC(=O)c1csc(CN(CCC(c2ccccc2)c2ccccc2)Cc2ccc(OC)cc2)n1. The van der Waals surface area contributed by atoms with Gasteiger partial charge in [0, 0.05) is 23.9 Å². The van der Waals surface area contributed by atoms with Crippen molar-refractivity contribution in [2.45, 2.75) is 51.7 Å². The fourth-order valence-corrected chi connectivity index (χ4v) is 5.31. The molecule has 0 aliphatic carbocycles. The molecule has 0 fully saturated rings. The van der Waals surface area contributed by atoms with Crippen LogP contribution in [0.5, 0.6) is 5.75 Å². The van der Waals surface area contributed by atoms with Gasteiger partial charge < -0.3 is 10.1 Å². The van der Waals surface area contributed by atoms with E-state index in [4.69, 9.17) is 9.72 Å². The summed E-state index contributed by atoms with van der Waals surface area (Å²) in [5.74, 6) is 1.05. The number of methoxy groups -OCH3 is 1. The molecule has 0 aliphatic heterocycles. The van der Waals surface area contributed by atoms with Gasteiger partial charge in [-0.25, -0.2) is 4.98 Å². The number of carbonyl (C=O) groups excluding carboxylic acids is 1. The number of benzene rings is 3. The fourth-order valence-electron chi connectivity index (χ4n) is 4.49. The maximum atomic E-state index is 12.6. The second-order valence-electron chi connectivity index (χ2n) is 9.63. The van der Waals surface area contributed by atoms with Gasteiger partial charge in [-0.05, 0) is 55.1 Å². The van der Waals surface area contributed by atoms with E-state index in [1.807, 2.05) is 24.4 Å². The van der Waals surface area contributed by atoms with Gasteiger partial charge in [-0.2, -0.15) is 0 Å². The molecule has 198 valence electrons. The van der Waals surface area contributed by atoms with E-state index in [9.17, 15) is 4.79 Å². The first-order valence-electron chi connectivity index (χ1n) is 13.3. The van der Waals surface area contributed by atoms with Crippen LogP contribution in [0, 0.1) is 0 Å². The first-order chi connectivity index (χ1) is 18.6. The van der Waals surface area contributed by atoms with Crippen LogP contribution >= 0.6 is 11.3 Å². The van der Waals surface area contributed by atoms with E-state index in [1.54, 1.807) is 18.4 Å². The summed E-state index contributed by atoms with van der Waals surface area (Å²) in [4.78, 5) is 19.7. The molecule has 0 saturated carbocycles. The lowest BCUT2D eigenvalue weighted by molar-refractivity contribution is 0.0934. The lowest BCUT2D eigenvalue weighted by atomic mass is 9.88. The van der Waals surface area contributed by atoms with Crippen LogP contribution in [-0.4, -0.2) is 35.5 Å². The Balaban J connectivity index is 1.53. The quantitative estimate of drug-likeness (QED) is 0.205. The third kappa shape index (κ3) is 7.76. The van der Waals surface area contributed by atoms with Crippen molar-refractivity contribution >= 4 is 17.2 Å². The predicted octanol–water partition coefficient (Wildman–Crippen LogP) is 6.90. The van der Waals surface area contributed by atoms with Crippen molar-refractivity contribution in [1.29, 1.82) is 0 Å². The van der Waals surface area contributed by atoms with Crippen molar-refractivity contribution < 1.29 is 9.53 Å². The first kappa shape index (κ1) is 27.6. The van der Waals surface area contributed by atoms with Gasteiger partial charge >= 0.3 is 0 Å². The topological polar surface area (TPSA) is 54.5 Å². The van der Waals surface area contributed by atoms with E-state index in [-0.39, 0.29) is 11.9 Å². The number of aromatic nitrogens is 1. The summed E-state index contributed by atoms with van der Waals surface area (Å²) in [6.45, 7) is 6.43. The minimum absolute atomic E-state index is 0.100. The predicted molar refractivity (Wildman–Crippen MR) is 156 cm³/mol. The van der Waals surface area contributed by atoms with Crippen molar-refractivity contribution in [2.75, 3.05) is 13.7 Å². The molecule has 0 unspecified atom stereocenters. The summed E-state index contributed by atoms with van der Waals surface area (Å²) in [5.41, 5.74) is 4.36. The number of hydrogen-bond acceptors (Lipinski definition) is 5. The molecule has 0 bridgehead atoms. The molecule has 38 heavy (non-hydrogen) atoms. The van der Waals surface area contributed by atoms with Crippen LogP contribution in [0.4, 0.5) is 0 Å². The van der Waals surface area contributed by atoms with Crippen LogP contribution in [0.2, 0.25) is 0 Å². The first-order valence-corrected chi connectivity index (χ1v) is 14.1. The van der Waals surface area contributed by atoms with Crippen LogP contribution in [0.1, 0.15) is 64.8 Å². The molecule has 3 aromatic carbocycles. The summed E-state index contributed by atoms with van der Waals surface area (Å²) in [6.07, 6.45) is 1.86. The molecule has 0 saturated heterocycles. The van der Waals surface area contributed by atoms with Gasteiger partial charge in [0.15, 0.2) is 0 Å². The summed E-state index contributed by atoms with van der Waals surface area (Å²) >= 11 is 1.55. The zero-order valence-corrected chi connectivity index (χ0v) is 23.3. The van der Waals surface area contributed by atoms with Crippen LogP contribution < -0.4 is 10.1 Å². The second kappa shape index (κ2) is 13.9. The average molecular weight is 528 g/mol. The highest BCUT2D eigenvalue weighted by Crippen LogP contribution is 2.29. The second-order valence-corrected chi connectivity index (χ2v) is 10.6. The van der Waals surface area contributed by atoms with E-state index < -0.39 is 0 Å². The van der Waals surface area contributed by atoms with Gasteiger partial charge in [-0.15, -0.1) is 11.3 Å². The van der Waals surface area contributed by atoms with Crippen molar-refractivity contribution in [3.05, 3.63) is 118 Å². The minimum atomic E-state index is -0.100. The van der Waals surface area contributed by atoms with Crippen LogP contribution in [-0.2, 0) is 13.1 Å². The lowest BCUT2D eigenvalue weighted by Gasteiger charge is -2.25. The average Bonchev–Trinajstić information content (AvgIpc) is 3.43. The molecule has 1 aromatic heterocycles. The van der Waals surface area contributed by atoms with Crippen molar-refractivity contribution in [1.82, 2.24) is 15.2 Å². The van der Waals surface area contributed by atoms with E-state index >= 15 is 0 Å². The molecule has 5 nitrogen and oxygen atoms in total. The number of nitrogens with zero attached hydrogens (tertiary/aromatic N) is 2. The Hall–Kier alpha value is -3.48. The molecule has 0 radical (unpaired) electrons. The summed E-state index contributed by atoms with van der Waals surface area (Å²) in [6, 6.07) is 29.8. The molecule has 1 N–H and O–H groups in total. The number of thiazole rings is 1. The molecular formula is C32H37N3O2S. The van der Waals surface area contributed by atoms with Crippen LogP contribution in [0.15, 0.2) is 90.3 Å². The van der Waals surface area contributed by atoms with Crippen molar-refractivity contribution in [3.63, 3.8) is 0 Å². The Morgan fingerprint density at radius 1 is 0.947 bits per heavy atom. The van der Waals surface area contributed by atoms with E-state index in [1.165, 1.54) is 16.7 Å². The molecule has 1 atom stereocenters. The molecule has 1 amide bonds. The third-order valence-electron chi connectivity index (χ3n) is 6.84. The molecule has 4 rings (SSSR count). The molecule has 1 heterocycles. The molecule has 4 aromatic rings. The van der Waals surface area contributed by atoms with Gasteiger partial charge in [0.05, 0.1) is 13.7 Å². The maximum Gasteiger partial charge on any atom is 0.270 e. The Bertz CT molecular complexity index is 1220. The Morgan fingerprint density at radius 2 is 1.58 bits per heavy atom. The van der Waals surface area contributed by atoms with Crippen molar-refractivity contribution in [2.24, 2.45) is 0 Å². The highest BCUT2D eigenvalue weighted by Gasteiger charge is 2.19. The van der Waals surface area contributed by atoms with Gasteiger partial charge in [0.2, 0.25) is 0 Å². The maximum absolute atomic E-state index is 12.6. The molecule has 0 spiro atoms. The number of carbonyl (C=O) groups is 1. The molecule has 6 heteroatoms. The monoisotopic (exact) mass is 527 g/mol. The molecule has 0 aliphatic rings. The van der Waals surface area contributed by atoms with Gasteiger partial charge in [-0.1, -0.05) is 79.7 Å². The highest BCUT2D eigenvalue weighted by molar-refractivity contribution is 7.09. The van der Waals surface area contributed by atoms with Gasteiger partial charge in [0.1, 0.15) is 16.5 Å². The fraction of sp³-hybridized carbons (Fsp3) is 0.312. The summed E-state index contributed by atoms with van der Waals surface area (Å²) in [5, 5.41) is 5.84. The number of ether oxygens (including phenoxy) is 1. The largest absolute Gasteiger partial charge is 0.497 e. The Morgan fingerprint density at radius 3 is 2.16 bits per heavy atom. The minimum Gasteiger partial charge on any atom is -0.497 e. The Kier molecular flexibility index (Phi) is 10.1. The van der Waals surface area contributed by atoms with E-state index in [0.29, 0.717) is 18.2 Å². The number of rotatable bonds is 13. The number of nitrogens with one attached hydrogen (secondary N) is 1. The number of hydrogen-bond donors (Lipinski definition) is 1. The van der Waals surface area contributed by atoms with E-state index in [2.05, 4.69) is 89.9 Å². The summed E-state index contributed by atoms with van der Waals surface area (Å²) in [7, 11) is 1.69. The van der Waals surface area contributed by atoms with Crippen molar-refractivity contribution in [3.8, 4) is 5.75 Å². The summed E-state index contributed by atoms with van der Waals surface area (Å²) < 4.78 is 5.35. The van der Waals surface area contributed by atoms with Crippen LogP contribution in [0.3, 0.4) is 0 Å². The third-order valence-corrected chi connectivity index (χ3v) is 7.67.